The standard InChI is InChI=1S/C15H25N5O/c1-3-11-10(2)14(18-15(16)17-11)20-8-12(13(21)9-20)19-6-4-5-7-19/h12-13,21H,3-9H2,1-2H3,(H2,16,17,18)/t12-,13-/m1/s1. The quantitative estimate of drug-likeness (QED) is 0.848. The van der Waals surface area contributed by atoms with Gasteiger partial charge in [-0.25, -0.2) is 4.98 Å². The molecule has 6 heteroatoms. The SMILES string of the molecule is CCc1nc(N)nc(N2C[C@@H](O)[C@H](N3CCCC3)C2)c1C. The highest BCUT2D eigenvalue weighted by atomic mass is 16.3. The normalized spacial score (nSPS) is 26.7. The minimum atomic E-state index is -0.316. The van der Waals surface area contributed by atoms with Crippen molar-refractivity contribution in [3.05, 3.63) is 11.3 Å². The van der Waals surface area contributed by atoms with Gasteiger partial charge in [0.2, 0.25) is 5.95 Å². The van der Waals surface area contributed by atoms with Gasteiger partial charge in [-0.1, -0.05) is 6.92 Å². The third kappa shape index (κ3) is 2.70. The number of rotatable bonds is 3. The first kappa shape index (κ1) is 14.5. The first-order chi connectivity index (χ1) is 10.1. The summed E-state index contributed by atoms with van der Waals surface area (Å²) in [6, 6.07) is 0.216. The highest BCUT2D eigenvalue weighted by Crippen LogP contribution is 2.28. The molecule has 0 aliphatic carbocycles. The van der Waals surface area contributed by atoms with Crippen LogP contribution >= 0.6 is 0 Å². The molecular weight excluding hydrogens is 266 g/mol. The lowest BCUT2D eigenvalue weighted by molar-refractivity contribution is 0.0986. The number of hydrogen-bond acceptors (Lipinski definition) is 6. The average Bonchev–Trinajstić information content (AvgIpc) is 3.10. The Morgan fingerprint density at radius 3 is 2.62 bits per heavy atom. The van der Waals surface area contributed by atoms with Gasteiger partial charge in [0.05, 0.1) is 17.8 Å². The molecule has 116 valence electrons. The number of nitrogens with zero attached hydrogens (tertiary/aromatic N) is 4. The van der Waals surface area contributed by atoms with Crippen LogP contribution in [0, 0.1) is 6.92 Å². The van der Waals surface area contributed by atoms with Crippen molar-refractivity contribution in [2.45, 2.75) is 45.3 Å². The first-order valence-corrected chi connectivity index (χ1v) is 7.90. The van der Waals surface area contributed by atoms with E-state index in [1.54, 1.807) is 0 Å². The van der Waals surface area contributed by atoms with Crippen LogP contribution in [0.1, 0.15) is 31.0 Å². The lowest BCUT2D eigenvalue weighted by atomic mass is 10.2. The molecule has 0 amide bonds. The van der Waals surface area contributed by atoms with Gasteiger partial charge in [0.1, 0.15) is 5.82 Å². The van der Waals surface area contributed by atoms with Gasteiger partial charge in [-0.15, -0.1) is 0 Å². The summed E-state index contributed by atoms with van der Waals surface area (Å²) < 4.78 is 0. The maximum absolute atomic E-state index is 10.4. The zero-order valence-electron chi connectivity index (χ0n) is 12.9. The number of nitrogen functional groups attached to an aromatic ring is 1. The summed E-state index contributed by atoms with van der Waals surface area (Å²) >= 11 is 0. The molecule has 0 aromatic carbocycles. The Hall–Kier alpha value is -1.40. The number of aryl methyl sites for hydroxylation is 1. The van der Waals surface area contributed by atoms with Gasteiger partial charge in [0, 0.05) is 18.7 Å². The number of β-amino-alcohol motifs (C(OH)–C–C–N with tert-alkyl or cyclic N) is 1. The van der Waals surface area contributed by atoms with E-state index in [0.29, 0.717) is 12.5 Å². The summed E-state index contributed by atoms with van der Waals surface area (Å²) in [5, 5.41) is 10.4. The second-order valence-electron chi connectivity index (χ2n) is 6.11. The Morgan fingerprint density at radius 1 is 1.24 bits per heavy atom. The van der Waals surface area contributed by atoms with Gasteiger partial charge in [0.15, 0.2) is 0 Å². The van der Waals surface area contributed by atoms with Gasteiger partial charge < -0.3 is 15.7 Å². The van der Waals surface area contributed by atoms with E-state index in [2.05, 4.69) is 26.7 Å². The van der Waals surface area contributed by atoms with Crippen LogP contribution < -0.4 is 10.6 Å². The minimum absolute atomic E-state index is 0.216. The Kier molecular flexibility index (Phi) is 3.99. The molecule has 2 aliphatic rings. The largest absolute Gasteiger partial charge is 0.390 e. The maximum Gasteiger partial charge on any atom is 0.222 e. The van der Waals surface area contributed by atoms with Gasteiger partial charge in [-0.05, 0) is 39.3 Å². The third-order valence-electron chi connectivity index (χ3n) is 4.74. The van der Waals surface area contributed by atoms with E-state index in [1.165, 1.54) is 12.8 Å². The molecule has 21 heavy (non-hydrogen) atoms. The van der Waals surface area contributed by atoms with Crippen LogP contribution in [0.15, 0.2) is 0 Å². The van der Waals surface area contributed by atoms with E-state index >= 15 is 0 Å². The second-order valence-corrected chi connectivity index (χ2v) is 6.11. The smallest absolute Gasteiger partial charge is 0.222 e. The van der Waals surface area contributed by atoms with Crippen molar-refractivity contribution in [1.82, 2.24) is 14.9 Å². The molecule has 3 heterocycles. The molecule has 0 radical (unpaired) electrons. The molecule has 2 aliphatic heterocycles. The van der Waals surface area contributed by atoms with Crippen LogP contribution in [0.3, 0.4) is 0 Å². The molecule has 6 nitrogen and oxygen atoms in total. The highest BCUT2D eigenvalue weighted by molar-refractivity contribution is 5.52. The summed E-state index contributed by atoms with van der Waals surface area (Å²) in [5.41, 5.74) is 7.92. The number of anilines is 2. The zero-order valence-corrected chi connectivity index (χ0v) is 12.9. The topological polar surface area (TPSA) is 78.5 Å². The van der Waals surface area contributed by atoms with E-state index in [1.807, 2.05) is 6.92 Å². The van der Waals surface area contributed by atoms with Crippen molar-refractivity contribution in [2.75, 3.05) is 36.8 Å². The summed E-state index contributed by atoms with van der Waals surface area (Å²) in [7, 11) is 0. The van der Waals surface area contributed by atoms with Crippen molar-refractivity contribution in [3.8, 4) is 0 Å². The number of aliphatic hydroxyl groups is 1. The average molecular weight is 291 g/mol. The number of aliphatic hydroxyl groups excluding tert-OH is 1. The molecule has 3 rings (SSSR count). The van der Waals surface area contributed by atoms with Crippen LogP contribution in [-0.4, -0.2) is 58.3 Å². The van der Waals surface area contributed by atoms with E-state index in [9.17, 15) is 5.11 Å². The molecular formula is C15H25N5O. The summed E-state index contributed by atoms with van der Waals surface area (Å²) in [6.07, 6.45) is 3.01. The highest BCUT2D eigenvalue weighted by Gasteiger charge is 2.37. The van der Waals surface area contributed by atoms with E-state index in [-0.39, 0.29) is 12.1 Å². The Labute approximate surface area is 126 Å². The van der Waals surface area contributed by atoms with Crippen LogP contribution in [0.25, 0.3) is 0 Å². The second kappa shape index (κ2) is 5.77. The molecule has 1 aromatic rings. The molecule has 2 atom stereocenters. The van der Waals surface area contributed by atoms with Crippen molar-refractivity contribution in [2.24, 2.45) is 0 Å². The third-order valence-corrected chi connectivity index (χ3v) is 4.74. The number of likely N-dealkylation sites (tertiary alicyclic amines) is 1. The Morgan fingerprint density at radius 2 is 1.95 bits per heavy atom. The first-order valence-electron chi connectivity index (χ1n) is 7.90. The van der Waals surface area contributed by atoms with Crippen LogP contribution in [0.4, 0.5) is 11.8 Å². The molecule has 1 aromatic heterocycles. The van der Waals surface area contributed by atoms with Gasteiger partial charge in [-0.3, -0.25) is 4.90 Å². The predicted molar refractivity (Wildman–Crippen MR) is 83.4 cm³/mol. The fourth-order valence-corrected chi connectivity index (χ4v) is 3.60. The minimum Gasteiger partial charge on any atom is -0.390 e. The molecule has 3 N–H and O–H groups in total. The monoisotopic (exact) mass is 291 g/mol. The van der Waals surface area contributed by atoms with Gasteiger partial charge >= 0.3 is 0 Å². The Bertz CT molecular complexity index is 515. The van der Waals surface area contributed by atoms with Crippen LogP contribution in [-0.2, 0) is 6.42 Å². The molecule has 0 bridgehead atoms. The predicted octanol–water partition coefficient (Wildman–Crippen LogP) is 0.575. The van der Waals surface area contributed by atoms with Crippen molar-refractivity contribution in [1.29, 1.82) is 0 Å². The van der Waals surface area contributed by atoms with Crippen LogP contribution in [0.2, 0.25) is 0 Å². The molecule has 2 saturated heterocycles. The zero-order chi connectivity index (χ0) is 15.0. The molecule has 0 saturated carbocycles. The van der Waals surface area contributed by atoms with E-state index < -0.39 is 0 Å². The fourth-order valence-electron chi connectivity index (χ4n) is 3.60. The van der Waals surface area contributed by atoms with Crippen LogP contribution in [0.5, 0.6) is 0 Å². The van der Waals surface area contributed by atoms with Crippen molar-refractivity contribution < 1.29 is 5.11 Å². The lowest BCUT2D eigenvalue weighted by Gasteiger charge is -2.26. The van der Waals surface area contributed by atoms with E-state index in [0.717, 1.165) is 43.1 Å². The van der Waals surface area contributed by atoms with E-state index in [4.69, 9.17) is 5.73 Å². The fraction of sp³-hybridized carbons (Fsp3) is 0.733. The number of hydrogen-bond donors (Lipinski definition) is 2. The number of aromatic nitrogens is 2. The maximum atomic E-state index is 10.4. The molecule has 0 unspecified atom stereocenters. The summed E-state index contributed by atoms with van der Waals surface area (Å²) in [5.74, 6) is 1.21. The van der Waals surface area contributed by atoms with Crippen molar-refractivity contribution >= 4 is 11.8 Å². The molecule has 2 fully saturated rings. The summed E-state index contributed by atoms with van der Waals surface area (Å²) in [6.45, 7) is 7.76. The van der Waals surface area contributed by atoms with Gasteiger partial charge in [-0.2, -0.15) is 4.98 Å². The number of nitrogens with two attached hydrogens (primary N) is 1. The van der Waals surface area contributed by atoms with Gasteiger partial charge in [0.25, 0.3) is 0 Å². The van der Waals surface area contributed by atoms with Crippen molar-refractivity contribution in [3.63, 3.8) is 0 Å². The molecule has 0 spiro atoms. The Balaban J connectivity index is 1.83. The summed E-state index contributed by atoms with van der Waals surface area (Å²) in [4.78, 5) is 13.3. The lowest BCUT2D eigenvalue weighted by Crippen LogP contribution is -2.41.